The molecular weight excluding hydrogens is 467 g/mol. The van der Waals surface area contributed by atoms with Crippen LogP contribution in [0.3, 0.4) is 0 Å². The van der Waals surface area contributed by atoms with E-state index in [0.717, 1.165) is 40.9 Å². The third-order valence-electron chi connectivity index (χ3n) is 7.76. The molecule has 0 fully saturated rings. The number of benzene rings is 1. The number of carbonyl (C=O) groups is 1. The molecule has 182 valence electrons. The van der Waals surface area contributed by atoms with Gasteiger partial charge in [-0.25, -0.2) is 24.0 Å². The number of carbonyl (C=O) groups excluding carboxylic acids is 1. The van der Waals surface area contributed by atoms with E-state index in [-0.39, 0.29) is 29.0 Å². The number of nitrogens with zero attached hydrogens (tertiary/aromatic N) is 6. The summed E-state index contributed by atoms with van der Waals surface area (Å²) in [4.78, 5) is 26.1. The van der Waals surface area contributed by atoms with E-state index in [0.29, 0.717) is 11.5 Å². The highest BCUT2D eigenvalue weighted by Crippen LogP contribution is 2.51. The second-order valence-corrected chi connectivity index (χ2v) is 9.85. The summed E-state index contributed by atoms with van der Waals surface area (Å²) in [7, 11) is 0. The van der Waals surface area contributed by atoms with Crippen molar-refractivity contribution in [1.29, 1.82) is 5.26 Å². The lowest BCUT2D eigenvalue weighted by Crippen LogP contribution is -2.46. The first kappa shape index (κ1) is 22.9. The highest BCUT2D eigenvalue weighted by molar-refractivity contribution is 6.02. The van der Waals surface area contributed by atoms with E-state index >= 15 is 0 Å². The van der Waals surface area contributed by atoms with Gasteiger partial charge in [-0.1, -0.05) is 32.1 Å². The smallest absolute Gasteiger partial charge is 0.176 e. The highest BCUT2D eigenvalue weighted by atomic mass is 19.1. The molecule has 0 aliphatic heterocycles. The standard InChI is InChI=1S/C29H23FN6O/c1-17-23-8-7-22-26(24-10-11-32-16-34-24)35-36(28(22)29(23,2)13-20(14-31)27(17)37)25-9-6-19(15-33-25)18-4-3-5-21(30)12-18/h3-6,9-13,15-17,23H,7-8H2,1-2H3/t17-,23-,29-/m1/s1. The van der Waals surface area contributed by atoms with Crippen LogP contribution in [0.5, 0.6) is 0 Å². The van der Waals surface area contributed by atoms with Crippen LogP contribution in [0.1, 0.15) is 31.5 Å². The van der Waals surface area contributed by atoms with E-state index in [2.05, 4.69) is 23.0 Å². The van der Waals surface area contributed by atoms with Crippen molar-refractivity contribution in [1.82, 2.24) is 24.7 Å². The molecule has 0 bridgehead atoms. The Kier molecular flexibility index (Phi) is 5.30. The second kappa shape index (κ2) is 8.56. The Balaban J connectivity index is 1.56. The maximum atomic E-state index is 13.8. The SMILES string of the molecule is C[C@H]1C(=O)C(C#N)=C[C@@]2(C)c3c(c(-c4ccncn4)nn3-c3ccc(-c4cccc(F)c4)cn3)CC[C@H]12. The Labute approximate surface area is 213 Å². The summed E-state index contributed by atoms with van der Waals surface area (Å²) >= 11 is 0. The first-order valence-corrected chi connectivity index (χ1v) is 12.2. The average molecular weight is 491 g/mol. The molecule has 4 aromatic rings. The van der Waals surface area contributed by atoms with E-state index in [4.69, 9.17) is 10.1 Å². The maximum absolute atomic E-state index is 13.8. The quantitative estimate of drug-likeness (QED) is 0.400. The molecule has 6 rings (SSSR count). The Morgan fingerprint density at radius 2 is 2.03 bits per heavy atom. The normalized spacial score (nSPS) is 22.5. The molecule has 0 N–H and O–H groups in total. The maximum Gasteiger partial charge on any atom is 0.176 e. The van der Waals surface area contributed by atoms with Gasteiger partial charge >= 0.3 is 0 Å². The zero-order chi connectivity index (χ0) is 25.7. The van der Waals surface area contributed by atoms with Crippen molar-refractivity contribution in [3.63, 3.8) is 0 Å². The third-order valence-corrected chi connectivity index (χ3v) is 7.76. The average Bonchev–Trinajstić information content (AvgIpc) is 3.32. The van der Waals surface area contributed by atoms with Crippen LogP contribution >= 0.6 is 0 Å². The van der Waals surface area contributed by atoms with Crippen LogP contribution in [-0.4, -0.2) is 30.5 Å². The lowest BCUT2D eigenvalue weighted by atomic mass is 9.58. The van der Waals surface area contributed by atoms with Gasteiger partial charge in [0, 0.05) is 34.9 Å². The van der Waals surface area contributed by atoms with Gasteiger partial charge in [-0.3, -0.25) is 4.79 Å². The van der Waals surface area contributed by atoms with Gasteiger partial charge in [-0.15, -0.1) is 0 Å². The van der Waals surface area contributed by atoms with Crippen LogP contribution in [0.4, 0.5) is 4.39 Å². The number of hydrogen-bond donors (Lipinski definition) is 0. The minimum absolute atomic E-state index is 0.0184. The largest absolute Gasteiger partial charge is 0.293 e. The zero-order valence-electron chi connectivity index (χ0n) is 20.4. The van der Waals surface area contributed by atoms with Gasteiger partial charge in [0.25, 0.3) is 0 Å². The van der Waals surface area contributed by atoms with Crippen molar-refractivity contribution >= 4 is 5.78 Å². The van der Waals surface area contributed by atoms with Gasteiger partial charge in [0.05, 0.1) is 17.0 Å². The first-order valence-electron chi connectivity index (χ1n) is 12.2. The minimum Gasteiger partial charge on any atom is -0.293 e. The van der Waals surface area contributed by atoms with Gasteiger partial charge in [0.15, 0.2) is 11.6 Å². The highest BCUT2D eigenvalue weighted by Gasteiger charge is 2.51. The van der Waals surface area contributed by atoms with Crippen LogP contribution in [0.25, 0.3) is 28.3 Å². The molecule has 2 aliphatic rings. The molecule has 0 amide bonds. The van der Waals surface area contributed by atoms with Crippen LogP contribution < -0.4 is 0 Å². The summed E-state index contributed by atoms with van der Waals surface area (Å²) < 4.78 is 15.6. The number of aromatic nitrogens is 5. The van der Waals surface area contributed by atoms with E-state index in [1.54, 1.807) is 18.5 Å². The van der Waals surface area contributed by atoms with Gasteiger partial charge in [0.1, 0.15) is 23.9 Å². The van der Waals surface area contributed by atoms with Crippen LogP contribution in [0, 0.1) is 29.0 Å². The summed E-state index contributed by atoms with van der Waals surface area (Å²) in [6.45, 7) is 4.00. The Hall–Kier alpha value is -4.51. The van der Waals surface area contributed by atoms with E-state index in [1.165, 1.54) is 18.5 Å². The lowest BCUT2D eigenvalue weighted by molar-refractivity contribution is -0.121. The van der Waals surface area contributed by atoms with Crippen molar-refractivity contribution in [2.24, 2.45) is 11.8 Å². The number of allylic oxidation sites excluding steroid dienone is 2. The molecule has 0 radical (unpaired) electrons. The fourth-order valence-electron chi connectivity index (χ4n) is 6.00. The molecule has 8 heteroatoms. The molecule has 3 aromatic heterocycles. The monoisotopic (exact) mass is 490 g/mol. The van der Waals surface area contributed by atoms with Gasteiger partial charge in [-0.2, -0.15) is 10.4 Å². The van der Waals surface area contributed by atoms with Gasteiger partial charge < -0.3 is 0 Å². The number of hydrogen-bond acceptors (Lipinski definition) is 6. The Bertz CT molecular complexity index is 1600. The van der Waals surface area contributed by atoms with Crippen LogP contribution in [0.15, 0.2) is 72.8 Å². The zero-order valence-corrected chi connectivity index (χ0v) is 20.4. The van der Waals surface area contributed by atoms with Gasteiger partial charge in [0.2, 0.25) is 0 Å². The molecule has 7 nitrogen and oxygen atoms in total. The molecular formula is C29H23FN6O. The van der Waals surface area contributed by atoms with Crippen LogP contribution in [-0.2, 0) is 16.6 Å². The first-order chi connectivity index (χ1) is 17.9. The molecule has 3 atom stereocenters. The predicted molar refractivity (Wildman–Crippen MR) is 135 cm³/mol. The molecule has 0 unspecified atom stereocenters. The van der Waals surface area contributed by atoms with E-state index in [9.17, 15) is 14.4 Å². The van der Waals surface area contributed by atoms with Crippen LogP contribution in [0.2, 0.25) is 0 Å². The van der Waals surface area contributed by atoms with Crippen molar-refractivity contribution < 1.29 is 9.18 Å². The van der Waals surface area contributed by atoms with Crippen molar-refractivity contribution in [2.75, 3.05) is 0 Å². The third kappa shape index (κ3) is 3.58. The number of ketones is 1. The van der Waals surface area contributed by atoms with Crippen molar-refractivity contribution in [3.05, 3.63) is 89.9 Å². The molecule has 2 aliphatic carbocycles. The molecule has 1 aromatic carbocycles. The van der Waals surface area contributed by atoms with Crippen molar-refractivity contribution in [2.45, 2.75) is 32.1 Å². The molecule has 0 spiro atoms. The number of Topliss-reactive ketones (excluding diaryl/α,β-unsaturated/α-hetero) is 1. The fraction of sp³-hybridized carbons (Fsp3) is 0.241. The van der Waals surface area contributed by atoms with Crippen molar-refractivity contribution in [3.8, 4) is 34.4 Å². The Morgan fingerprint density at radius 1 is 1.16 bits per heavy atom. The molecule has 3 heterocycles. The molecule has 0 saturated carbocycles. The summed E-state index contributed by atoms with van der Waals surface area (Å²) in [6.07, 6.45) is 8.22. The minimum atomic E-state index is -0.604. The topological polar surface area (TPSA) is 97.4 Å². The Morgan fingerprint density at radius 3 is 2.73 bits per heavy atom. The van der Waals surface area contributed by atoms with E-state index < -0.39 is 5.41 Å². The molecule has 37 heavy (non-hydrogen) atoms. The number of nitriles is 1. The summed E-state index contributed by atoms with van der Waals surface area (Å²) in [5.41, 5.74) is 4.48. The summed E-state index contributed by atoms with van der Waals surface area (Å²) in [6, 6.07) is 14.1. The predicted octanol–water partition coefficient (Wildman–Crippen LogP) is 5.02. The lowest BCUT2D eigenvalue weighted by Gasteiger charge is -2.45. The van der Waals surface area contributed by atoms with E-state index in [1.807, 2.05) is 41.9 Å². The summed E-state index contributed by atoms with van der Waals surface area (Å²) in [5, 5.41) is 14.7. The second-order valence-electron chi connectivity index (χ2n) is 9.85. The number of rotatable bonds is 3. The number of fused-ring (bicyclic) bond motifs is 3. The summed E-state index contributed by atoms with van der Waals surface area (Å²) in [5.74, 6) is -0.0859. The molecule has 0 saturated heterocycles. The number of pyridine rings is 1. The fourth-order valence-corrected chi connectivity index (χ4v) is 6.00. The number of halogens is 1. The van der Waals surface area contributed by atoms with Gasteiger partial charge in [-0.05, 0) is 54.7 Å².